The molecule has 1 aromatic carbocycles. The van der Waals surface area contributed by atoms with Crippen LogP contribution in [-0.2, 0) is 6.42 Å². The molecule has 1 aromatic rings. The van der Waals surface area contributed by atoms with Crippen molar-refractivity contribution in [2.45, 2.75) is 25.3 Å². The Kier molecular flexibility index (Phi) is 2.95. The van der Waals surface area contributed by atoms with Gasteiger partial charge >= 0.3 is 6.09 Å². The van der Waals surface area contributed by atoms with E-state index in [-0.39, 0.29) is 6.04 Å². The lowest BCUT2D eigenvalue weighted by molar-refractivity contribution is 0.188. The Morgan fingerprint density at radius 3 is 3.07 bits per heavy atom. The molecule has 0 saturated carbocycles. The van der Waals surface area contributed by atoms with Gasteiger partial charge in [0, 0.05) is 4.47 Å². The van der Waals surface area contributed by atoms with E-state index in [0.29, 0.717) is 0 Å². The van der Waals surface area contributed by atoms with Crippen LogP contribution in [0.4, 0.5) is 4.79 Å². The normalized spacial score (nSPS) is 19.4. The SMILES string of the molecule is O=C(O)NC1CCCc2c(Br)cccc21. The van der Waals surface area contributed by atoms with Crippen LogP contribution in [0.1, 0.15) is 30.0 Å². The maximum Gasteiger partial charge on any atom is 0.405 e. The summed E-state index contributed by atoms with van der Waals surface area (Å²) in [4.78, 5) is 10.6. The van der Waals surface area contributed by atoms with Gasteiger partial charge in [-0.05, 0) is 36.5 Å². The van der Waals surface area contributed by atoms with Crippen molar-refractivity contribution in [3.63, 3.8) is 0 Å². The molecule has 1 atom stereocenters. The van der Waals surface area contributed by atoms with E-state index in [1.807, 2.05) is 18.2 Å². The summed E-state index contributed by atoms with van der Waals surface area (Å²) in [6.45, 7) is 0. The number of hydrogen-bond donors (Lipinski definition) is 2. The van der Waals surface area contributed by atoms with Crippen LogP contribution < -0.4 is 5.32 Å². The second-order valence-corrected chi connectivity index (χ2v) is 4.56. The summed E-state index contributed by atoms with van der Waals surface area (Å²) in [5.41, 5.74) is 2.35. The Hall–Kier alpha value is -1.03. The first-order valence-corrected chi connectivity index (χ1v) is 5.74. The van der Waals surface area contributed by atoms with Crippen molar-refractivity contribution in [1.29, 1.82) is 0 Å². The topological polar surface area (TPSA) is 49.3 Å². The number of rotatable bonds is 1. The molecule has 0 bridgehead atoms. The molecule has 0 aromatic heterocycles. The second kappa shape index (κ2) is 4.23. The van der Waals surface area contributed by atoms with E-state index in [1.54, 1.807) is 0 Å². The first-order chi connectivity index (χ1) is 7.18. The average Bonchev–Trinajstić information content (AvgIpc) is 2.19. The van der Waals surface area contributed by atoms with E-state index in [9.17, 15) is 4.79 Å². The summed E-state index contributed by atoms with van der Waals surface area (Å²) in [6.07, 6.45) is 1.98. The van der Waals surface area contributed by atoms with Gasteiger partial charge in [0.25, 0.3) is 0 Å². The van der Waals surface area contributed by atoms with Gasteiger partial charge in [-0.15, -0.1) is 0 Å². The van der Waals surface area contributed by atoms with Crippen LogP contribution in [0, 0.1) is 0 Å². The van der Waals surface area contributed by atoms with E-state index >= 15 is 0 Å². The van der Waals surface area contributed by atoms with Crippen LogP contribution in [0.25, 0.3) is 0 Å². The van der Waals surface area contributed by atoms with Crippen molar-refractivity contribution in [1.82, 2.24) is 5.32 Å². The number of amides is 1. The third kappa shape index (κ3) is 2.15. The van der Waals surface area contributed by atoms with E-state index in [1.165, 1.54) is 5.56 Å². The minimum Gasteiger partial charge on any atom is -0.465 e. The zero-order valence-electron chi connectivity index (χ0n) is 8.16. The number of nitrogens with one attached hydrogen (secondary N) is 1. The van der Waals surface area contributed by atoms with Gasteiger partial charge in [0.15, 0.2) is 0 Å². The summed E-state index contributed by atoms with van der Waals surface area (Å²) >= 11 is 3.50. The first-order valence-electron chi connectivity index (χ1n) is 4.95. The van der Waals surface area contributed by atoms with Gasteiger partial charge < -0.3 is 10.4 Å². The standard InChI is InChI=1S/C11H12BrNO2/c12-9-5-1-4-8-7(9)3-2-6-10(8)13-11(14)15/h1,4-5,10,13H,2-3,6H2,(H,14,15). The molecule has 0 heterocycles. The van der Waals surface area contributed by atoms with Gasteiger partial charge in [-0.1, -0.05) is 28.1 Å². The highest BCUT2D eigenvalue weighted by molar-refractivity contribution is 9.10. The van der Waals surface area contributed by atoms with E-state index in [4.69, 9.17) is 5.11 Å². The molecular formula is C11H12BrNO2. The van der Waals surface area contributed by atoms with Crippen LogP contribution in [0.3, 0.4) is 0 Å². The zero-order chi connectivity index (χ0) is 10.8. The monoisotopic (exact) mass is 269 g/mol. The van der Waals surface area contributed by atoms with Crippen LogP contribution in [-0.4, -0.2) is 11.2 Å². The molecule has 3 nitrogen and oxygen atoms in total. The highest BCUT2D eigenvalue weighted by Crippen LogP contribution is 2.33. The van der Waals surface area contributed by atoms with Crippen molar-refractivity contribution in [3.05, 3.63) is 33.8 Å². The van der Waals surface area contributed by atoms with Gasteiger partial charge in [0.2, 0.25) is 0 Å². The molecule has 0 fully saturated rings. The number of hydrogen-bond acceptors (Lipinski definition) is 1. The smallest absolute Gasteiger partial charge is 0.405 e. The molecule has 0 radical (unpaired) electrons. The van der Waals surface area contributed by atoms with Crippen LogP contribution in [0.5, 0.6) is 0 Å². The molecular weight excluding hydrogens is 258 g/mol. The fourth-order valence-corrected chi connectivity index (χ4v) is 2.68. The predicted octanol–water partition coefficient (Wildman–Crippen LogP) is 3.09. The predicted molar refractivity (Wildman–Crippen MR) is 61.0 cm³/mol. The lowest BCUT2D eigenvalue weighted by Crippen LogP contribution is -2.29. The zero-order valence-corrected chi connectivity index (χ0v) is 9.75. The molecule has 0 saturated heterocycles. The molecule has 1 unspecified atom stereocenters. The fraction of sp³-hybridized carbons (Fsp3) is 0.364. The third-order valence-corrected chi connectivity index (χ3v) is 3.49. The lowest BCUT2D eigenvalue weighted by atomic mass is 9.88. The summed E-state index contributed by atoms with van der Waals surface area (Å²) in [6, 6.07) is 5.90. The van der Waals surface area contributed by atoms with E-state index in [0.717, 1.165) is 29.3 Å². The Labute approximate surface area is 96.6 Å². The molecule has 0 spiro atoms. The van der Waals surface area contributed by atoms with Crippen LogP contribution in [0.2, 0.25) is 0 Å². The second-order valence-electron chi connectivity index (χ2n) is 3.70. The Bertz CT molecular complexity index is 392. The van der Waals surface area contributed by atoms with Crippen molar-refractivity contribution in [2.24, 2.45) is 0 Å². The van der Waals surface area contributed by atoms with Crippen LogP contribution >= 0.6 is 15.9 Å². The third-order valence-electron chi connectivity index (χ3n) is 2.75. The number of halogens is 1. The van der Waals surface area contributed by atoms with Crippen LogP contribution in [0.15, 0.2) is 22.7 Å². The highest BCUT2D eigenvalue weighted by Gasteiger charge is 2.22. The molecule has 4 heteroatoms. The van der Waals surface area contributed by atoms with Crippen molar-refractivity contribution in [3.8, 4) is 0 Å². The van der Waals surface area contributed by atoms with E-state index in [2.05, 4.69) is 21.2 Å². The average molecular weight is 270 g/mol. The minimum atomic E-state index is -0.951. The number of carboxylic acid groups (broad SMARTS) is 1. The number of benzene rings is 1. The summed E-state index contributed by atoms with van der Waals surface area (Å²) < 4.78 is 1.08. The Morgan fingerprint density at radius 1 is 1.53 bits per heavy atom. The molecule has 1 aliphatic rings. The molecule has 2 rings (SSSR count). The van der Waals surface area contributed by atoms with Gasteiger partial charge in [-0.2, -0.15) is 0 Å². The fourth-order valence-electron chi connectivity index (χ4n) is 2.10. The Balaban J connectivity index is 2.34. The van der Waals surface area contributed by atoms with E-state index < -0.39 is 6.09 Å². The largest absolute Gasteiger partial charge is 0.465 e. The number of fused-ring (bicyclic) bond motifs is 1. The Morgan fingerprint density at radius 2 is 2.33 bits per heavy atom. The summed E-state index contributed by atoms with van der Waals surface area (Å²) in [5.74, 6) is 0. The molecule has 80 valence electrons. The van der Waals surface area contributed by atoms with Crippen molar-refractivity contribution >= 4 is 22.0 Å². The van der Waals surface area contributed by atoms with Gasteiger partial charge in [0.1, 0.15) is 0 Å². The van der Waals surface area contributed by atoms with Crippen molar-refractivity contribution in [2.75, 3.05) is 0 Å². The molecule has 1 amide bonds. The minimum absolute atomic E-state index is 0.0521. The molecule has 0 aliphatic heterocycles. The first kappa shape index (κ1) is 10.5. The lowest BCUT2D eigenvalue weighted by Gasteiger charge is -2.26. The van der Waals surface area contributed by atoms with Gasteiger partial charge in [-0.3, -0.25) is 0 Å². The summed E-state index contributed by atoms with van der Waals surface area (Å²) in [7, 11) is 0. The van der Waals surface area contributed by atoms with Gasteiger partial charge in [0.05, 0.1) is 6.04 Å². The maximum absolute atomic E-state index is 10.6. The molecule has 1 aliphatic carbocycles. The molecule has 15 heavy (non-hydrogen) atoms. The van der Waals surface area contributed by atoms with Gasteiger partial charge in [-0.25, -0.2) is 4.79 Å². The van der Waals surface area contributed by atoms with Crippen molar-refractivity contribution < 1.29 is 9.90 Å². The number of carbonyl (C=O) groups is 1. The quantitative estimate of drug-likeness (QED) is 0.823. The maximum atomic E-state index is 10.6. The molecule has 2 N–H and O–H groups in total. The highest BCUT2D eigenvalue weighted by atomic mass is 79.9. The summed E-state index contributed by atoms with van der Waals surface area (Å²) in [5, 5.41) is 11.3.